The molecule has 0 rings (SSSR count). The van der Waals surface area contributed by atoms with E-state index in [2.05, 4.69) is 55.6 Å². The van der Waals surface area contributed by atoms with Crippen LogP contribution in [0, 0.1) is 0 Å². The molecule has 2 atom stereocenters. The van der Waals surface area contributed by atoms with Gasteiger partial charge in [0.15, 0.2) is 0 Å². The number of hydrogen-bond donors (Lipinski definition) is 3. The number of aliphatic hydroxyl groups is 2. The number of amides is 1. The lowest BCUT2D eigenvalue weighted by Crippen LogP contribution is -2.45. The number of carbonyl (C=O) groups is 2. The maximum Gasteiger partial charge on any atom is 0.305 e. The number of ether oxygens (including phenoxy) is 1. The molecule has 0 fully saturated rings. The van der Waals surface area contributed by atoms with Gasteiger partial charge in [-0.1, -0.05) is 307 Å². The van der Waals surface area contributed by atoms with Gasteiger partial charge >= 0.3 is 5.97 Å². The summed E-state index contributed by atoms with van der Waals surface area (Å²) in [4.78, 5) is 24.5. The van der Waals surface area contributed by atoms with Crippen molar-refractivity contribution in [2.75, 3.05) is 13.2 Å². The van der Waals surface area contributed by atoms with Gasteiger partial charge in [0.25, 0.3) is 0 Å². The highest BCUT2D eigenvalue weighted by Gasteiger charge is 2.20. The van der Waals surface area contributed by atoms with Crippen molar-refractivity contribution in [2.45, 2.75) is 379 Å². The molecule has 0 saturated carbocycles. The van der Waals surface area contributed by atoms with Gasteiger partial charge in [-0.2, -0.15) is 0 Å². The van der Waals surface area contributed by atoms with E-state index in [-0.39, 0.29) is 18.5 Å². The molecule has 442 valence electrons. The molecule has 6 heteroatoms. The summed E-state index contributed by atoms with van der Waals surface area (Å²) in [5.74, 6) is -0.0281. The van der Waals surface area contributed by atoms with Gasteiger partial charge in [0.2, 0.25) is 5.91 Å². The monoisotopic (exact) mass is 1050 g/mol. The minimum absolute atomic E-state index is 0.00480. The van der Waals surface area contributed by atoms with Gasteiger partial charge < -0.3 is 20.3 Å². The van der Waals surface area contributed by atoms with Crippen LogP contribution in [0.4, 0.5) is 0 Å². The molecule has 0 aliphatic heterocycles. The molecule has 0 heterocycles. The van der Waals surface area contributed by atoms with E-state index in [1.807, 2.05) is 0 Å². The lowest BCUT2D eigenvalue weighted by atomic mass is 10.0. The van der Waals surface area contributed by atoms with E-state index in [9.17, 15) is 19.8 Å². The minimum atomic E-state index is -0.660. The van der Waals surface area contributed by atoms with Crippen LogP contribution >= 0.6 is 0 Å². The third-order valence-electron chi connectivity index (χ3n) is 15.7. The summed E-state index contributed by atoms with van der Waals surface area (Å²) in [7, 11) is 0. The summed E-state index contributed by atoms with van der Waals surface area (Å²) in [6.07, 6.45) is 82.0. The lowest BCUT2D eigenvalue weighted by molar-refractivity contribution is -0.143. The summed E-state index contributed by atoms with van der Waals surface area (Å²) in [5.41, 5.74) is 0. The molecule has 0 aromatic rings. The lowest BCUT2D eigenvalue weighted by Gasteiger charge is -2.22. The van der Waals surface area contributed by atoms with Gasteiger partial charge in [-0.25, -0.2) is 0 Å². The van der Waals surface area contributed by atoms with Crippen molar-refractivity contribution in [1.29, 1.82) is 0 Å². The second kappa shape index (κ2) is 64.6. The van der Waals surface area contributed by atoms with Crippen LogP contribution in [0.15, 0.2) is 36.5 Å². The van der Waals surface area contributed by atoms with Crippen LogP contribution in [0.25, 0.3) is 0 Å². The van der Waals surface area contributed by atoms with Gasteiger partial charge in [-0.05, 0) is 83.5 Å². The minimum Gasteiger partial charge on any atom is -0.466 e. The quantitative estimate of drug-likeness (QED) is 0.0320. The zero-order valence-electron chi connectivity index (χ0n) is 50.5. The third-order valence-corrected chi connectivity index (χ3v) is 15.7. The smallest absolute Gasteiger partial charge is 0.305 e. The predicted octanol–water partition coefficient (Wildman–Crippen LogP) is 21.5. The van der Waals surface area contributed by atoms with Gasteiger partial charge in [0, 0.05) is 12.8 Å². The largest absolute Gasteiger partial charge is 0.466 e. The molecule has 75 heavy (non-hydrogen) atoms. The molecule has 3 N–H and O–H groups in total. The van der Waals surface area contributed by atoms with Crippen molar-refractivity contribution in [1.82, 2.24) is 5.32 Å². The molecule has 0 bridgehead atoms. The Morgan fingerprint density at radius 3 is 1.04 bits per heavy atom. The maximum absolute atomic E-state index is 12.4. The van der Waals surface area contributed by atoms with Crippen LogP contribution in [0.1, 0.15) is 367 Å². The first-order valence-electron chi connectivity index (χ1n) is 33.7. The number of carbonyl (C=O) groups excluding carboxylic acids is 2. The van der Waals surface area contributed by atoms with Crippen molar-refractivity contribution in [3.8, 4) is 0 Å². The van der Waals surface area contributed by atoms with Crippen molar-refractivity contribution in [2.24, 2.45) is 0 Å². The number of rotatable bonds is 63. The molecule has 0 aromatic carbocycles. The van der Waals surface area contributed by atoms with Gasteiger partial charge in [0.1, 0.15) is 0 Å². The van der Waals surface area contributed by atoms with E-state index in [0.29, 0.717) is 25.9 Å². The van der Waals surface area contributed by atoms with Crippen LogP contribution in [0.3, 0.4) is 0 Å². The van der Waals surface area contributed by atoms with E-state index in [0.717, 1.165) is 51.4 Å². The van der Waals surface area contributed by atoms with Crippen LogP contribution in [-0.2, 0) is 14.3 Å². The summed E-state index contributed by atoms with van der Waals surface area (Å²) >= 11 is 0. The molecular formula is C69H131NO5. The Hall–Kier alpha value is -1.92. The van der Waals surface area contributed by atoms with Crippen LogP contribution < -0.4 is 5.32 Å². The highest BCUT2D eigenvalue weighted by molar-refractivity contribution is 5.76. The third kappa shape index (κ3) is 61.2. The number of allylic oxidation sites excluding steroid dienone is 6. The molecular weight excluding hydrogens is 923 g/mol. The van der Waals surface area contributed by atoms with Crippen LogP contribution in [0.5, 0.6) is 0 Å². The fourth-order valence-corrected chi connectivity index (χ4v) is 10.5. The topological polar surface area (TPSA) is 95.9 Å². The number of aliphatic hydroxyl groups excluding tert-OH is 2. The first-order valence-corrected chi connectivity index (χ1v) is 33.7. The number of hydrogen-bond acceptors (Lipinski definition) is 5. The van der Waals surface area contributed by atoms with E-state index >= 15 is 0 Å². The molecule has 0 aliphatic rings. The Balaban J connectivity index is 3.33. The molecule has 0 spiro atoms. The van der Waals surface area contributed by atoms with E-state index in [1.165, 1.54) is 283 Å². The molecule has 0 aromatic heterocycles. The summed E-state index contributed by atoms with van der Waals surface area (Å²) in [5, 5.41) is 23.2. The predicted molar refractivity (Wildman–Crippen MR) is 329 cm³/mol. The molecule has 2 unspecified atom stereocenters. The fourth-order valence-electron chi connectivity index (χ4n) is 10.5. The second-order valence-electron chi connectivity index (χ2n) is 23.1. The second-order valence-corrected chi connectivity index (χ2v) is 23.1. The van der Waals surface area contributed by atoms with Crippen molar-refractivity contribution in [3.63, 3.8) is 0 Å². The average molecular weight is 1050 g/mol. The molecule has 0 radical (unpaired) electrons. The van der Waals surface area contributed by atoms with Crippen LogP contribution in [0.2, 0.25) is 0 Å². The van der Waals surface area contributed by atoms with E-state index in [1.54, 1.807) is 0 Å². The van der Waals surface area contributed by atoms with Gasteiger partial charge in [0.05, 0.1) is 25.4 Å². The maximum atomic E-state index is 12.4. The molecule has 6 nitrogen and oxygen atoms in total. The normalized spacial score (nSPS) is 12.7. The zero-order chi connectivity index (χ0) is 54.3. The fraction of sp³-hybridized carbons (Fsp3) is 0.884. The van der Waals surface area contributed by atoms with E-state index in [4.69, 9.17) is 4.74 Å². The highest BCUT2D eigenvalue weighted by Crippen LogP contribution is 2.18. The standard InChI is InChI=1S/C69H131NO5/c1-3-5-7-9-11-13-15-16-17-37-40-43-47-51-55-59-63-69(74)75-64-60-56-52-48-44-41-38-35-33-31-29-27-25-23-21-19-18-20-22-24-26-28-30-32-34-36-39-42-46-50-54-58-62-68(73)70-66(65-71)67(72)61-57-53-49-45-14-12-10-8-6-4-2/h13,15,17,21,23,37,66-67,71-72H,3-12,14,16,18-20,22,24-36,38-65H2,1-2H3,(H,70,73)/b15-13-,23-21-,37-17-. The van der Waals surface area contributed by atoms with E-state index < -0.39 is 12.1 Å². The molecule has 0 saturated heterocycles. The van der Waals surface area contributed by atoms with Crippen molar-refractivity contribution in [3.05, 3.63) is 36.5 Å². The van der Waals surface area contributed by atoms with Crippen molar-refractivity contribution >= 4 is 11.9 Å². The van der Waals surface area contributed by atoms with Gasteiger partial charge in [-0.15, -0.1) is 0 Å². The zero-order valence-corrected chi connectivity index (χ0v) is 50.5. The van der Waals surface area contributed by atoms with Crippen molar-refractivity contribution < 1.29 is 24.5 Å². The number of nitrogens with one attached hydrogen (secondary N) is 1. The summed E-state index contributed by atoms with van der Waals surface area (Å²) in [6, 6.07) is -0.538. The molecule has 1 amide bonds. The Kier molecular flexibility index (Phi) is 63.0. The number of unbranched alkanes of at least 4 members (excludes halogenated alkanes) is 46. The highest BCUT2D eigenvalue weighted by atomic mass is 16.5. The Labute approximate surface area is 468 Å². The Bertz CT molecular complexity index is 1210. The first-order chi connectivity index (χ1) is 37.0. The van der Waals surface area contributed by atoms with Crippen LogP contribution in [-0.4, -0.2) is 47.4 Å². The Morgan fingerprint density at radius 1 is 0.373 bits per heavy atom. The SMILES string of the molecule is CCCCCC/C=C\C/C=C\CCCCCCCC(=O)OCCCCCCCCCCCCCC/C=C\CCCCCCCCCCCCCCCCCCC(=O)NC(CO)C(O)CCCCCCCCCCCC. The molecule has 0 aliphatic carbocycles. The summed E-state index contributed by atoms with van der Waals surface area (Å²) < 4.78 is 5.49. The van der Waals surface area contributed by atoms with Gasteiger partial charge in [-0.3, -0.25) is 9.59 Å². The Morgan fingerprint density at radius 2 is 0.667 bits per heavy atom. The number of esters is 1. The average Bonchev–Trinajstić information content (AvgIpc) is 3.41. The first kappa shape index (κ1) is 73.1. The summed E-state index contributed by atoms with van der Waals surface area (Å²) in [6.45, 7) is 4.93.